The molecule has 0 unspecified atom stereocenters. The summed E-state index contributed by atoms with van der Waals surface area (Å²) < 4.78 is 5.19. The fraction of sp³-hybridized carbons (Fsp3) is 0.630. The van der Waals surface area contributed by atoms with Crippen LogP contribution in [0.2, 0.25) is 0 Å². The van der Waals surface area contributed by atoms with Crippen molar-refractivity contribution in [3.05, 3.63) is 42.0 Å². The maximum atomic E-state index is 5.19. The van der Waals surface area contributed by atoms with Gasteiger partial charge in [-0.25, -0.2) is 0 Å². The Morgan fingerprint density at radius 3 is 2.18 bits per heavy atom. The van der Waals surface area contributed by atoms with E-state index in [4.69, 9.17) is 4.74 Å². The molecule has 0 aliphatic heterocycles. The fourth-order valence-electron chi connectivity index (χ4n) is 5.23. The van der Waals surface area contributed by atoms with Crippen LogP contribution in [0.15, 0.2) is 36.4 Å². The molecule has 0 atom stereocenters. The molecule has 1 heteroatoms. The van der Waals surface area contributed by atoms with Gasteiger partial charge in [0.2, 0.25) is 0 Å². The highest BCUT2D eigenvalue weighted by molar-refractivity contribution is 5.40. The molecular formula is C27H38O. The summed E-state index contributed by atoms with van der Waals surface area (Å²) in [5, 5.41) is 0. The number of unbranched alkanes of at least 4 members (excludes halogenated alkanes) is 1. The second kappa shape index (κ2) is 11.4. The number of hydrogen-bond acceptors (Lipinski definition) is 1. The van der Waals surface area contributed by atoms with Crippen molar-refractivity contribution in [2.45, 2.75) is 77.6 Å². The van der Waals surface area contributed by atoms with Crippen LogP contribution >= 0.6 is 0 Å². The standard InChI is InChI=1S/C27H38O/c1-3-4-7-22-10-16-25(17-11-22)26-18-12-23(13-19-26)8-5-6-9-24-14-20-27(28-2)21-15-24/h5,8,14-15,20-23,25-26H,3-4,7,10-13,16-19H2,1-2H3/b8-5+. The summed E-state index contributed by atoms with van der Waals surface area (Å²) in [6.07, 6.45) is 20.3. The summed E-state index contributed by atoms with van der Waals surface area (Å²) in [6, 6.07) is 7.96. The van der Waals surface area contributed by atoms with Gasteiger partial charge < -0.3 is 4.74 Å². The van der Waals surface area contributed by atoms with E-state index in [0.29, 0.717) is 0 Å². The molecule has 152 valence electrons. The molecule has 2 aliphatic carbocycles. The first kappa shape index (κ1) is 21.0. The summed E-state index contributed by atoms with van der Waals surface area (Å²) in [6.45, 7) is 2.32. The highest BCUT2D eigenvalue weighted by atomic mass is 16.5. The number of hydrogen-bond donors (Lipinski definition) is 0. The van der Waals surface area contributed by atoms with Crippen molar-refractivity contribution in [3.8, 4) is 17.6 Å². The Bertz CT molecular complexity index is 644. The Labute approximate surface area is 173 Å². The molecule has 1 aromatic rings. The lowest BCUT2D eigenvalue weighted by atomic mass is 9.68. The van der Waals surface area contributed by atoms with Crippen molar-refractivity contribution in [3.63, 3.8) is 0 Å². The van der Waals surface area contributed by atoms with Crippen LogP contribution in [0, 0.1) is 35.5 Å². The summed E-state index contributed by atoms with van der Waals surface area (Å²) in [5.74, 6) is 11.1. The van der Waals surface area contributed by atoms with Gasteiger partial charge in [-0.05, 0) is 92.5 Å². The minimum Gasteiger partial charge on any atom is -0.497 e. The normalized spacial score (nSPS) is 27.9. The van der Waals surface area contributed by atoms with Gasteiger partial charge in [0.15, 0.2) is 0 Å². The largest absolute Gasteiger partial charge is 0.497 e. The highest BCUT2D eigenvalue weighted by Crippen LogP contribution is 2.42. The van der Waals surface area contributed by atoms with Gasteiger partial charge >= 0.3 is 0 Å². The zero-order valence-electron chi connectivity index (χ0n) is 18.0. The lowest BCUT2D eigenvalue weighted by molar-refractivity contribution is 0.152. The minimum absolute atomic E-state index is 0.738. The van der Waals surface area contributed by atoms with Gasteiger partial charge in [-0.2, -0.15) is 0 Å². The summed E-state index contributed by atoms with van der Waals surface area (Å²) >= 11 is 0. The van der Waals surface area contributed by atoms with Crippen molar-refractivity contribution < 1.29 is 4.74 Å². The summed E-state index contributed by atoms with van der Waals surface area (Å²) in [7, 11) is 1.69. The number of methoxy groups -OCH3 is 1. The first-order chi connectivity index (χ1) is 13.8. The first-order valence-corrected chi connectivity index (χ1v) is 11.6. The highest BCUT2D eigenvalue weighted by Gasteiger charge is 2.30. The third-order valence-electron chi connectivity index (χ3n) is 7.10. The molecule has 0 amide bonds. The van der Waals surface area contributed by atoms with Crippen LogP contribution in [0.25, 0.3) is 0 Å². The van der Waals surface area contributed by atoms with E-state index in [1.54, 1.807) is 7.11 Å². The van der Waals surface area contributed by atoms with Crippen LogP contribution in [0.3, 0.4) is 0 Å². The summed E-state index contributed by atoms with van der Waals surface area (Å²) in [5.41, 5.74) is 1.05. The van der Waals surface area contributed by atoms with Crippen LogP contribution in [-0.4, -0.2) is 7.11 Å². The van der Waals surface area contributed by atoms with Crippen molar-refractivity contribution >= 4 is 0 Å². The maximum absolute atomic E-state index is 5.19. The maximum Gasteiger partial charge on any atom is 0.118 e. The molecule has 0 bridgehead atoms. The zero-order chi connectivity index (χ0) is 19.6. The molecule has 0 aromatic heterocycles. The average molecular weight is 379 g/mol. The molecule has 2 fully saturated rings. The van der Waals surface area contributed by atoms with Crippen LogP contribution in [0.4, 0.5) is 0 Å². The van der Waals surface area contributed by atoms with Gasteiger partial charge in [0, 0.05) is 5.56 Å². The Hall–Kier alpha value is -1.68. The Kier molecular flexibility index (Phi) is 8.53. The van der Waals surface area contributed by atoms with E-state index < -0.39 is 0 Å². The van der Waals surface area contributed by atoms with Crippen LogP contribution in [0.5, 0.6) is 5.75 Å². The predicted molar refractivity (Wildman–Crippen MR) is 119 cm³/mol. The quantitative estimate of drug-likeness (QED) is 0.468. The number of ether oxygens (including phenoxy) is 1. The van der Waals surface area contributed by atoms with Crippen LogP contribution < -0.4 is 4.74 Å². The van der Waals surface area contributed by atoms with E-state index in [-0.39, 0.29) is 0 Å². The van der Waals surface area contributed by atoms with E-state index in [1.807, 2.05) is 24.3 Å². The van der Waals surface area contributed by atoms with Gasteiger partial charge in [0.05, 0.1) is 7.11 Å². The molecule has 2 aliphatic rings. The molecule has 1 nitrogen and oxygen atoms in total. The van der Waals surface area contributed by atoms with E-state index in [0.717, 1.165) is 35.0 Å². The van der Waals surface area contributed by atoms with E-state index >= 15 is 0 Å². The molecule has 3 rings (SSSR count). The van der Waals surface area contributed by atoms with E-state index in [9.17, 15) is 0 Å². The SMILES string of the molecule is CCCCC1CCC(C2CCC(/C=C/C#Cc3ccc(OC)cc3)CC2)CC1. The monoisotopic (exact) mass is 378 g/mol. The molecule has 1 aromatic carbocycles. The van der Waals surface area contributed by atoms with Crippen LogP contribution in [0.1, 0.15) is 83.1 Å². The van der Waals surface area contributed by atoms with Crippen LogP contribution in [-0.2, 0) is 0 Å². The second-order valence-corrected chi connectivity index (χ2v) is 8.95. The number of allylic oxidation sites excluding steroid dienone is 2. The van der Waals surface area contributed by atoms with Gasteiger partial charge in [0.1, 0.15) is 5.75 Å². The predicted octanol–water partition coefficient (Wildman–Crippen LogP) is 7.41. The van der Waals surface area contributed by atoms with Crippen molar-refractivity contribution in [2.24, 2.45) is 23.7 Å². The fourth-order valence-corrected chi connectivity index (χ4v) is 5.23. The Balaban J connectivity index is 1.37. The third kappa shape index (κ3) is 6.44. The Morgan fingerprint density at radius 1 is 0.929 bits per heavy atom. The van der Waals surface area contributed by atoms with Crippen molar-refractivity contribution in [2.75, 3.05) is 7.11 Å². The van der Waals surface area contributed by atoms with Gasteiger partial charge in [-0.15, -0.1) is 0 Å². The molecule has 0 heterocycles. The lowest BCUT2D eigenvalue weighted by Gasteiger charge is -2.37. The molecule has 28 heavy (non-hydrogen) atoms. The summed E-state index contributed by atoms with van der Waals surface area (Å²) in [4.78, 5) is 0. The molecule has 0 saturated heterocycles. The third-order valence-corrected chi connectivity index (χ3v) is 7.10. The number of benzene rings is 1. The molecule has 0 radical (unpaired) electrons. The first-order valence-electron chi connectivity index (χ1n) is 11.6. The molecular weight excluding hydrogens is 340 g/mol. The second-order valence-electron chi connectivity index (χ2n) is 8.95. The Morgan fingerprint density at radius 2 is 1.57 bits per heavy atom. The number of rotatable bonds is 6. The minimum atomic E-state index is 0.738. The lowest BCUT2D eigenvalue weighted by Crippen LogP contribution is -2.25. The topological polar surface area (TPSA) is 9.23 Å². The molecule has 2 saturated carbocycles. The van der Waals surface area contributed by atoms with E-state index in [2.05, 4.69) is 30.9 Å². The average Bonchev–Trinajstić information content (AvgIpc) is 2.76. The van der Waals surface area contributed by atoms with Crippen molar-refractivity contribution in [1.29, 1.82) is 0 Å². The molecule has 0 N–H and O–H groups in total. The zero-order valence-corrected chi connectivity index (χ0v) is 18.0. The van der Waals surface area contributed by atoms with E-state index in [1.165, 1.54) is 70.6 Å². The van der Waals surface area contributed by atoms with Gasteiger partial charge in [-0.3, -0.25) is 0 Å². The van der Waals surface area contributed by atoms with Gasteiger partial charge in [0.25, 0.3) is 0 Å². The molecule has 0 spiro atoms. The van der Waals surface area contributed by atoms with Crippen molar-refractivity contribution in [1.82, 2.24) is 0 Å². The smallest absolute Gasteiger partial charge is 0.118 e. The van der Waals surface area contributed by atoms with Gasteiger partial charge in [-0.1, -0.05) is 56.9 Å².